The van der Waals surface area contributed by atoms with Gasteiger partial charge in [-0.1, -0.05) is 50.2 Å². The SMILES string of the molecule is COc1ccc(CN2CCN(C3CC4(CCN(c5cc(Oc6cnc7[nH]ccc7c6)c(C(=O)NS(=O)(=O)c6cc([N+](=O)[O-])c(NCC7CCC(C)(O)CC7)c7c6OCCO7)cc5F)CC4)C3)[C@H](c3ccccc3C(C)C)C2)cc1. The van der Waals surface area contributed by atoms with Crippen LogP contribution in [0.4, 0.5) is 21.5 Å². The van der Waals surface area contributed by atoms with Crippen LogP contribution in [0, 0.1) is 27.3 Å². The maximum absolute atomic E-state index is 16.8. The summed E-state index contributed by atoms with van der Waals surface area (Å²) in [5, 5.41) is 26.9. The van der Waals surface area contributed by atoms with Crippen LogP contribution in [0.5, 0.6) is 28.7 Å². The van der Waals surface area contributed by atoms with E-state index in [-0.39, 0.29) is 65.0 Å². The second-order valence-electron chi connectivity index (χ2n) is 22.8. The van der Waals surface area contributed by atoms with E-state index in [1.807, 2.05) is 21.8 Å². The fraction of sp³-hybridized carbons (Fsp3) is 0.458. The van der Waals surface area contributed by atoms with E-state index in [4.69, 9.17) is 18.9 Å². The minimum atomic E-state index is -4.97. The Balaban J connectivity index is 0.820. The Kier molecular flexibility index (Phi) is 15.0. The molecule has 4 N–H and O–H groups in total. The summed E-state index contributed by atoms with van der Waals surface area (Å²) in [5.41, 5.74) is 3.01. The number of aromatic amines is 1. The second-order valence-corrected chi connectivity index (χ2v) is 24.4. The summed E-state index contributed by atoms with van der Waals surface area (Å²) in [6.07, 6.45) is 9.38. The van der Waals surface area contributed by atoms with Crippen LogP contribution in [-0.2, 0) is 16.6 Å². The first-order valence-electron chi connectivity index (χ1n) is 27.5. The second kappa shape index (κ2) is 21.9. The van der Waals surface area contributed by atoms with Crippen molar-refractivity contribution in [2.75, 3.05) is 69.8 Å². The molecule has 418 valence electrons. The van der Waals surface area contributed by atoms with E-state index < -0.39 is 48.4 Å². The lowest BCUT2D eigenvalue weighted by molar-refractivity contribution is -0.384. The predicted molar refractivity (Wildman–Crippen MR) is 298 cm³/mol. The highest BCUT2D eigenvalue weighted by molar-refractivity contribution is 7.90. The van der Waals surface area contributed by atoms with Crippen molar-refractivity contribution in [1.82, 2.24) is 24.5 Å². The number of aromatic nitrogens is 2. The maximum Gasteiger partial charge on any atom is 0.297 e. The molecule has 1 atom stereocenters. The highest BCUT2D eigenvalue weighted by Gasteiger charge is 2.50. The lowest BCUT2D eigenvalue weighted by Crippen LogP contribution is -2.60. The van der Waals surface area contributed by atoms with Crippen molar-refractivity contribution < 1.29 is 46.6 Å². The third kappa shape index (κ3) is 11.3. The molecule has 0 radical (unpaired) electrons. The number of halogens is 1. The molecular formula is C59H69FN8O10S. The number of nitrogens with one attached hydrogen (secondary N) is 3. The summed E-state index contributed by atoms with van der Waals surface area (Å²) >= 11 is 0. The number of ether oxygens (including phenoxy) is 4. The van der Waals surface area contributed by atoms with Gasteiger partial charge in [-0.2, -0.15) is 0 Å². The number of hydrogen-bond donors (Lipinski definition) is 4. The predicted octanol–water partition coefficient (Wildman–Crippen LogP) is 10.1. The van der Waals surface area contributed by atoms with E-state index in [1.165, 1.54) is 29.0 Å². The van der Waals surface area contributed by atoms with Gasteiger partial charge in [-0.15, -0.1) is 0 Å². The molecule has 11 rings (SSSR count). The molecule has 5 aliphatic rings. The van der Waals surface area contributed by atoms with Gasteiger partial charge in [-0.3, -0.25) is 24.7 Å². The van der Waals surface area contributed by atoms with E-state index in [1.54, 1.807) is 32.4 Å². The van der Waals surface area contributed by atoms with Gasteiger partial charge in [-0.25, -0.2) is 22.5 Å². The monoisotopic (exact) mass is 1100 g/mol. The van der Waals surface area contributed by atoms with Crippen LogP contribution in [0.3, 0.4) is 0 Å². The minimum Gasteiger partial charge on any atom is -0.497 e. The number of fused-ring (bicyclic) bond motifs is 2. The van der Waals surface area contributed by atoms with E-state index in [0.29, 0.717) is 68.3 Å². The van der Waals surface area contributed by atoms with Crippen LogP contribution >= 0.6 is 0 Å². The molecule has 4 aromatic carbocycles. The van der Waals surface area contributed by atoms with Crippen LogP contribution in [-0.4, -0.2) is 115 Å². The first-order chi connectivity index (χ1) is 37.9. The molecule has 18 nitrogen and oxygen atoms in total. The zero-order valence-corrected chi connectivity index (χ0v) is 46.0. The van der Waals surface area contributed by atoms with Gasteiger partial charge in [0.25, 0.3) is 21.6 Å². The summed E-state index contributed by atoms with van der Waals surface area (Å²) in [5.74, 6) is -1.09. The van der Waals surface area contributed by atoms with Crippen LogP contribution in [0.15, 0.2) is 96.2 Å². The van der Waals surface area contributed by atoms with Crippen molar-refractivity contribution in [3.05, 3.63) is 129 Å². The van der Waals surface area contributed by atoms with E-state index in [0.717, 1.165) is 69.7 Å². The molecule has 5 heterocycles. The van der Waals surface area contributed by atoms with Crippen molar-refractivity contribution in [2.45, 2.75) is 107 Å². The molecule has 2 saturated heterocycles. The standard InChI is InChI=1S/C59H69FN8O10S/c1-37(2)44-7-5-6-8-45(44)50-36-65(35-39-9-11-42(75-4)12-10-39)23-24-67(50)41-31-59(32-41)18-21-66(22-19-59)48-29-51(78-43-27-40-15-20-61-56(40)63-34-43)46(28-47(48)60)57(69)64-79(73,74)52-30-49(68(71)72)53(55-54(52)76-25-26-77-55)62-33-38-13-16-58(3,70)17-14-38/h5-12,15,20,27-30,34,37-38,41,50,62,70H,13-14,16-19,21-26,31-33,35-36H2,1-4H3,(H,61,63)(H,64,69)/t38?,50-,58?/m0/s1. The van der Waals surface area contributed by atoms with Crippen molar-refractivity contribution >= 4 is 44.0 Å². The van der Waals surface area contributed by atoms with E-state index in [2.05, 4.69) is 75.3 Å². The number of rotatable bonds is 16. The number of piperidine rings is 1. The fourth-order valence-corrected chi connectivity index (χ4v) is 13.8. The average molecular weight is 1100 g/mol. The summed E-state index contributed by atoms with van der Waals surface area (Å²) in [6.45, 7) is 11.3. The highest BCUT2D eigenvalue weighted by atomic mass is 32.2. The Morgan fingerprint density at radius 2 is 1.70 bits per heavy atom. The normalized spacial score (nSPS) is 21.7. The zero-order valence-electron chi connectivity index (χ0n) is 45.1. The summed E-state index contributed by atoms with van der Waals surface area (Å²) in [6, 6.07) is 24.6. The van der Waals surface area contributed by atoms with Crippen LogP contribution in [0.1, 0.15) is 111 Å². The van der Waals surface area contributed by atoms with Crippen LogP contribution < -0.4 is 33.9 Å². The number of carbonyl (C=O) groups is 1. The molecule has 4 fully saturated rings. The largest absolute Gasteiger partial charge is 0.497 e. The lowest BCUT2D eigenvalue weighted by Gasteiger charge is -2.58. The van der Waals surface area contributed by atoms with E-state index >= 15 is 4.39 Å². The van der Waals surface area contributed by atoms with Crippen molar-refractivity contribution in [1.29, 1.82) is 0 Å². The van der Waals surface area contributed by atoms with Crippen LogP contribution in [0.25, 0.3) is 11.0 Å². The number of amides is 1. The Morgan fingerprint density at radius 1 is 0.962 bits per heavy atom. The number of piperazine rings is 1. The third-order valence-electron chi connectivity index (χ3n) is 17.1. The molecule has 6 aromatic rings. The Morgan fingerprint density at radius 3 is 2.42 bits per heavy atom. The van der Waals surface area contributed by atoms with Gasteiger partial charge in [0.05, 0.1) is 35.1 Å². The number of nitrogens with zero attached hydrogens (tertiary/aromatic N) is 5. The molecule has 2 aliphatic carbocycles. The van der Waals surface area contributed by atoms with Crippen molar-refractivity contribution in [2.24, 2.45) is 11.3 Å². The summed E-state index contributed by atoms with van der Waals surface area (Å²) in [7, 11) is -3.28. The molecule has 2 saturated carbocycles. The number of nitro benzene ring substituents is 1. The smallest absolute Gasteiger partial charge is 0.297 e. The molecule has 2 aromatic heterocycles. The Labute approximate surface area is 459 Å². The fourth-order valence-electron chi connectivity index (χ4n) is 12.7. The number of nitro groups is 1. The van der Waals surface area contributed by atoms with Gasteiger partial charge >= 0.3 is 0 Å². The molecule has 1 spiro atoms. The van der Waals surface area contributed by atoms with Crippen molar-refractivity contribution in [3.63, 3.8) is 0 Å². The molecule has 20 heteroatoms. The summed E-state index contributed by atoms with van der Waals surface area (Å²) in [4.78, 5) is 40.3. The Hall–Kier alpha value is -7.00. The number of hydrogen-bond acceptors (Lipinski definition) is 15. The zero-order chi connectivity index (χ0) is 55.2. The topological polar surface area (TPSA) is 214 Å². The Bertz CT molecular complexity index is 3350. The number of sulfonamides is 1. The number of anilines is 2. The van der Waals surface area contributed by atoms with Gasteiger partial charge in [0.2, 0.25) is 0 Å². The van der Waals surface area contributed by atoms with Gasteiger partial charge in [0.15, 0.2) is 17.2 Å². The number of pyridine rings is 1. The minimum absolute atomic E-state index is 0.0194. The van der Waals surface area contributed by atoms with Crippen molar-refractivity contribution in [3.8, 4) is 28.7 Å². The van der Waals surface area contributed by atoms with Gasteiger partial charge < -0.3 is 39.3 Å². The quantitative estimate of drug-likeness (QED) is 0.0524. The molecule has 3 aliphatic heterocycles. The number of methoxy groups -OCH3 is 1. The molecule has 1 amide bonds. The van der Waals surface area contributed by atoms with Crippen LogP contribution in [0.2, 0.25) is 0 Å². The van der Waals surface area contributed by atoms with Gasteiger partial charge in [0.1, 0.15) is 46.8 Å². The molecule has 79 heavy (non-hydrogen) atoms. The molecule has 0 bridgehead atoms. The first-order valence-corrected chi connectivity index (χ1v) is 29.0. The highest BCUT2D eigenvalue weighted by Crippen LogP contribution is 2.54. The average Bonchev–Trinajstić information content (AvgIpc) is 4.10. The summed E-state index contributed by atoms with van der Waals surface area (Å²) < 4.78 is 71.0. The maximum atomic E-state index is 16.8. The van der Waals surface area contributed by atoms with Gasteiger partial charge in [0, 0.05) is 81.6 Å². The number of aliphatic hydroxyl groups is 1. The van der Waals surface area contributed by atoms with Gasteiger partial charge in [-0.05, 0) is 123 Å². The number of carbonyl (C=O) groups excluding carboxylic acids is 1. The number of benzene rings is 4. The van der Waals surface area contributed by atoms with E-state index in [9.17, 15) is 28.4 Å². The lowest BCUT2D eigenvalue weighted by atomic mass is 9.59. The number of H-pyrrole nitrogens is 1. The molecule has 0 unspecified atom stereocenters. The first kappa shape index (κ1) is 54.0. The molecular weight excluding hydrogens is 1030 g/mol. The third-order valence-corrected chi connectivity index (χ3v) is 18.5.